The molecular weight excluding hydrogens is 222 g/mol. The van der Waals surface area contributed by atoms with Gasteiger partial charge in [-0.1, -0.05) is 39.0 Å². The van der Waals surface area contributed by atoms with Crippen LogP contribution in [0.5, 0.6) is 0 Å². The molecule has 1 aliphatic rings. The normalized spacial score (nSPS) is 17.0. The summed E-state index contributed by atoms with van der Waals surface area (Å²) in [6, 6.07) is 0. The first kappa shape index (κ1) is 13.0. The average Bonchev–Trinajstić information content (AvgIpc) is 2.69. The number of anilines is 1. The lowest BCUT2D eigenvalue weighted by Crippen LogP contribution is -2.09. The summed E-state index contributed by atoms with van der Waals surface area (Å²) in [4.78, 5) is 4.79. The van der Waals surface area contributed by atoms with Crippen LogP contribution in [0.2, 0.25) is 0 Å². The van der Waals surface area contributed by atoms with Crippen LogP contribution in [0.1, 0.15) is 69.3 Å². The zero-order chi connectivity index (χ0) is 13.1. The molecule has 0 radical (unpaired) electrons. The van der Waals surface area contributed by atoms with Crippen molar-refractivity contribution in [3.63, 3.8) is 0 Å². The zero-order valence-corrected chi connectivity index (χ0v) is 11.4. The van der Waals surface area contributed by atoms with Crippen LogP contribution in [0.15, 0.2) is 0 Å². The van der Waals surface area contributed by atoms with Crippen molar-refractivity contribution >= 4 is 5.82 Å². The minimum atomic E-state index is 0.359. The van der Waals surface area contributed by atoms with Crippen molar-refractivity contribution in [3.8, 4) is 12.3 Å². The molecule has 0 bridgehead atoms. The highest BCUT2D eigenvalue weighted by molar-refractivity contribution is 5.42. The molecule has 1 saturated carbocycles. The van der Waals surface area contributed by atoms with Gasteiger partial charge in [-0.3, -0.25) is 0 Å². The Morgan fingerprint density at radius 3 is 2.61 bits per heavy atom. The summed E-state index contributed by atoms with van der Waals surface area (Å²) < 4.78 is 2.01. The van der Waals surface area contributed by atoms with E-state index in [9.17, 15) is 0 Å². The van der Waals surface area contributed by atoms with Gasteiger partial charge in [0, 0.05) is 11.8 Å². The van der Waals surface area contributed by atoms with Crippen molar-refractivity contribution in [2.24, 2.45) is 0 Å². The molecule has 0 aliphatic heterocycles. The van der Waals surface area contributed by atoms with E-state index in [0.29, 0.717) is 18.4 Å². The first-order valence-electron chi connectivity index (χ1n) is 6.94. The lowest BCUT2D eigenvalue weighted by atomic mass is 9.87. The van der Waals surface area contributed by atoms with E-state index in [1.54, 1.807) is 0 Å². The molecule has 1 aromatic rings. The van der Waals surface area contributed by atoms with Gasteiger partial charge in [0.15, 0.2) is 0 Å². The zero-order valence-electron chi connectivity index (χ0n) is 11.4. The fourth-order valence-corrected chi connectivity index (χ4v) is 2.88. The first-order chi connectivity index (χ1) is 8.65. The van der Waals surface area contributed by atoms with Crippen molar-refractivity contribution in [1.82, 2.24) is 9.55 Å². The molecule has 1 aromatic heterocycles. The molecule has 1 fully saturated rings. The first-order valence-corrected chi connectivity index (χ1v) is 6.94. The van der Waals surface area contributed by atoms with E-state index in [-0.39, 0.29) is 0 Å². The van der Waals surface area contributed by atoms with Crippen molar-refractivity contribution in [2.75, 3.05) is 5.73 Å². The molecule has 3 heteroatoms. The predicted molar refractivity (Wildman–Crippen MR) is 75.4 cm³/mol. The van der Waals surface area contributed by atoms with Gasteiger partial charge in [-0.05, 0) is 12.8 Å². The van der Waals surface area contributed by atoms with E-state index in [0.717, 1.165) is 17.3 Å². The molecule has 98 valence electrons. The summed E-state index contributed by atoms with van der Waals surface area (Å²) in [5, 5.41) is 0. The average molecular weight is 245 g/mol. The summed E-state index contributed by atoms with van der Waals surface area (Å²) in [5.74, 6) is 5.40. The Balaban J connectivity index is 2.36. The standard InChI is InChI=1S/C15H23N3/c1-4-10-18-14(16)13(17-15(18)11(2)3)12-8-6-5-7-9-12/h1,11-12H,5-10,16H2,2-3H3. The fourth-order valence-electron chi connectivity index (χ4n) is 2.88. The summed E-state index contributed by atoms with van der Waals surface area (Å²) in [5.41, 5.74) is 7.36. The van der Waals surface area contributed by atoms with E-state index in [1.807, 2.05) is 4.57 Å². The second kappa shape index (κ2) is 5.48. The summed E-state index contributed by atoms with van der Waals surface area (Å²) >= 11 is 0. The van der Waals surface area contributed by atoms with Gasteiger partial charge in [0.1, 0.15) is 11.6 Å². The maximum atomic E-state index is 6.26. The number of hydrogen-bond acceptors (Lipinski definition) is 2. The molecule has 0 saturated heterocycles. The number of terminal acetylenes is 1. The van der Waals surface area contributed by atoms with E-state index in [1.165, 1.54) is 32.1 Å². The van der Waals surface area contributed by atoms with Crippen LogP contribution >= 0.6 is 0 Å². The third kappa shape index (κ3) is 2.38. The molecule has 1 aliphatic carbocycles. The summed E-state index contributed by atoms with van der Waals surface area (Å²) in [6.07, 6.45) is 11.8. The SMILES string of the molecule is C#CCn1c(C(C)C)nc(C2CCCCC2)c1N. The van der Waals surface area contributed by atoms with Gasteiger partial charge < -0.3 is 10.3 Å². The van der Waals surface area contributed by atoms with Crippen LogP contribution in [0.25, 0.3) is 0 Å². The van der Waals surface area contributed by atoms with E-state index >= 15 is 0 Å². The van der Waals surface area contributed by atoms with Crippen LogP contribution < -0.4 is 5.73 Å². The third-order valence-electron chi connectivity index (χ3n) is 3.82. The maximum absolute atomic E-state index is 6.26. The molecule has 0 spiro atoms. The number of nitrogen functional groups attached to an aromatic ring is 1. The number of imidazole rings is 1. The van der Waals surface area contributed by atoms with Gasteiger partial charge in [-0.25, -0.2) is 4.98 Å². The molecule has 0 atom stereocenters. The molecule has 0 aromatic carbocycles. The van der Waals surface area contributed by atoms with Gasteiger partial charge in [-0.15, -0.1) is 6.42 Å². The monoisotopic (exact) mass is 245 g/mol. The Hall–Kier alpha value is -1.43. The van der Waals surface area contributed by atoms with E-state index in [2.05, 4.69) is 19.8 Å². The van der Waals surface area contributed by atoms with Crippen LogP contribution in [-0.2, 0) is 6.54 Å². The van der Waals surface area contributed by atoms with E-state index < -0.39 is 0 Å². The maximum Gasteiger partial charge on any atom is 0.127 e. The molecule has 2 rings (SSSR count). The smallest absolute Gasteiger partial charge is 0.127 e. The second-order valence-corrected chi connectivity index (χ2v) is 5.52. The lowest BCUT2D eigenvalue weighted by molar-refractivity contribution is 0.438. The van der Waals surface area contributed by atoms with E-state index in [4.69, 9.17) is 17.1 Å². The fraction of sp³-hybridized carbons (Fsp3) is 0.667. The Morgan fingerprint density at radius 2 is 2.06 bits per heavy atom. The van der Waals surface area contributed by atoms with Crippen LogP contribution in [0.3, 0.4) is 0 Å². The van der Waals surface area contributed by atoms with Gasteiger partial charge in [0.2, 0.25) is 0 Å². The van der Waals surface area contributed by atoms with Crippen molar-refractivity contribution in [1.29, 1.82) is 0 Å². The van der Waals surface area contributed by atoms with Gasteiger partial charge in [0.25, 0.3) is 0 Å². The van der Waals surface area contributed by atoms with Crippen LogP contribution in [0, 0.1) is 12.3 Å². The minimum Gasteiger partial charge on any atom is -0.384 e. The molecule has 18 heavy (non-hydrogen) atoms. The second-order valence-electron chi connectivity index (χ2n) is 5.52. The van der Waals surface area contributed by atoms with Crippen molar-refractivity contribution in [2.45, 2.75) is 64.3 Å². The number of rotatable bonds is 3. The van der Waals surface area contributed by atoms with Crippen molar-refractivity contribution < 1.29 is 0 Å². The number of nitrogens with two attached hydrogens (primary N) is 1. The summed E-state index contributed by atoms with van der Waals surface area (Å²) in [7, 11) is 0. The molecule has 0 amide bonds. The molecule has 1 heterocycles. The van der Waals surface area contributed by atoms with Crippen molar-refractivity contribution in [3.05, 3.63) is 11.5 Å². The number of aromatic nitrogens is 2. The molecule has 0 unspecified atom stereocenters. The third-order valence-corrected chi connectivity index (χ3v) is 3.82. The summed E-state index contributed by atoms with van der Waals surface area (Å²) in [6.45, 7) is 4.80. The Kier molecular flexibility index (Phi) is 3.96. The molecular formula is C15H23N3. The largest absolute Gasteiger partial charge is 0.384 e. The molecule has 3 nitrogen and oxygen atoms in total. The Bertz CT molecular complexity index is 445. The highest BCUT2D eigenvalue weighted by Crippen LogP contribution is 2.36. The number of nitrogens with zero attached hydrogens (tertiary/aromatic N) is 2. The van der Waals surface area contributed by atoms with Crippen LogP contribution in [-0.4, -0.2) is 9.55 Å². The highest BCUT2D eigenvalue weighted by Gasteiger charge is 2.24. The Morgan fingerprint density at radius 1 is 1.39 bits per heavy atom. The van der Waals surface area contributed by atoms with Gasteiger partial charge in [0.05, 0.1) is 12.2 Å². The van der Waals surface area contributed by atoms with Gasteiger partial charge in [-0.2, -0.15) is 0 Å². The number of hydrogen-bond donors (Lipinski definition) is 1. The predicted octanol–water partition coefficient (Wildman–Crippen LogP) is 3.27. The Labute approximate surface area is 110 Å². The highest BCUT2D eigenvalue weighted by atomic mass is 15.1. The topological polar surface area (TPSA) is 43.8 Å². The lowest BCUT2D eigenvalue weighted by Gasteiger charge is -2.20. The molecule has 2 N–H and O–H groups in total. The quantitative estimate of drug-likeness (QED) is 0.831. The minimum absolute atomic E-state index is 0.359. The van der Waals surface area contributed by atoms with Gasteiger partial charge >= 0.3 is 0 Å². The van der Waals surface area contributed by atoms with Crippen LogP contribution in [0.4, 0.5) is 5.82 Å².